The molecule has 0 saturated heterocycles. The van der Waals surface area contributed by atoms with Gasteiger partial charge in [-0.15, -0.1) is 11.3 Å². The van der Waals surface area contributed by atoms with Gasteiger partial charge in [-0.25, -0.2) is 9.78 Å². The zero-order valence-corrected chi connectivity index (χ0v) is 13.7. The predicted octanol–water partition coefficient (Wildman–Crippen LogP) is 2.85. The number of aromatic nitrogens is 1. The number of urea groups is 1. The molecule has 1 aromatic rings. The Labute approximate surface area is 130 Å². The van der Waals surface area contributed by atoms with Crippen LogP contribution in [-0.4, -0.2) is 30.3 Å². The van der Waals surface area contributed by atoms with E-state index in [1.165, 1.54) is 19.3 Å². The van der Waals surface area contributed by atoms with Gasteiger partial charge in [0.25, 0.3) is 0 Å². The summed E-state index contributed by atoms with van der Waals surface area (Å²) in [6, 6.07) is -0.152. The van der Waals surface area contributed by atoms with E-state index in [1.807, 2.05) is 6.92 Å². The summed E-state index contributed by atoms with van der Waals surface area (Å²) in [7, 11) is 0. The van der Waals surface area contributed by atoms with Gasteiger partial charge in [0, 0.05) is 17.6 Å². The summed E-state index contributed by atoms with van der Waals surface area (Å²) in [4.78, 5) is 16.9. The average molecular weight is 311 g/mol. The highest BCUT2D eigenvalue weighted by molar-refractivity contribution is 7.11. The van der Waals surface area contributed by atoms with Crippen LogP contribution < -0.4 is 10.6 Å². The van der Waals surface area contributed by atoms with E-state index in [0.29, 0.717) is 31.7 Å². The molecule has 0 radical (unpaired) electrons. The lowest BCUT2D eigenvalue weighted by Gasteiger charge is -2.28. The maximum absolute atomic E-state index is 11.6. The van der Waals surface area contributed by atoms with Gasteiger partial charge in [0.2, 0.25) is 0 Å². The Morgan fingerprint density at radius 1 is 1.43 bits per heavy atom. The fourth-order valence-electron chi connectivity index (χ4n) is 2.62. The van der Waals surface area contributed by atoms with E-state index in [2.05, 4.69) is 22.5 Å². The van der Waals surface area contributed by atoms with Crippen molar-refractivity contribution in [1.29, 1.82) is 0 Å². The van der Waals surface area contributed by atoms with Crippen molar-refractivity contribution >= 4 is 17.4 Å². The van der Waals surface area contributed by atoms with E-state index in [-0.39, 0.29) is 6.03 Å². The zero-order chi connectivity index (χ0) is 15.1. The number of amides is 2. The fraction of sp³-hybridized carbons (Fsp3) is 0.733. The van der Waals surface area contributed by atoms with Crippen LogP contribution in [0.5, 0.6) is 0 Å². The molecule has 21 heavy (non-hydrogen) atoms. The summed E-state index contributed by atoms with van der Waals surface area (Å²) >= 11 is 1.60. The summed E-state index contributed by atoms with van der Waals surface area (Å²) in [5, 5.41) is 6.66. The van der Waals surface area contributed by atoms with Crippen molar-refractivity contribution in [2.24, 2.45) is 5.92 Å². The van der Waals surface area contributed by atoms with Crippen molar-refractivity contribution in [3.8, 4) is 0 Å². The third-order valence-electron chi connectivity index (χ3n) is 3.84. The molecule has 6 heteroatoms. The van der Waals surface area contributed by atoms with Crippen molar-refractivity contribution in [2.45, 2.75) is 52.2 Å². The van der Waals surface area contributed by atoms with Crippen molar-refractivity contribution in [3.05, 3.63) is 16.1 Å². The van der Waals surface area contributed by atoms with Gasteiger partial charge in [-0.1, -0.05) is 19.8 Å². The Morgan fingerprint density at radius 3 is 2.95 bits per heavy atom. The summed E-state index contributed by atoms with van der Waals surface area (Å²) in [6.45, 7) is 5.87. The van der Waals surface area contributed by atoms with E-state index in [9.17, 15) is 4.79 Å². The smallest absolute Gasteiger partial charge is 0.315 e. The number of hydrogen-bond donors (Lipinski definition) is 2. The Morgan fingerprint density at radius 2 is 2.24 bits per heavy atom. The number of hydrogen-bond acceptors (Lipinski definition) is 4. The van der Waals surface area contributed by atoms with E-state index >= 15 is 0 Å². The molecule has 2 amide bonds. The molecule has 1 fully saturated rings. The minimum Gasteiger partial charge on any atom is -0.376 e. The molecular formula is C15H25N3O2S. The summed E-state index contributed by atoms with van der Waals surface area (Å²) < 4.78 is 5.86. The third kappa shape index (κ3) is 5.63. The molecule has 0 unspecified atom stereocenters. The first-order chi connectivity index (χ1) is 10.1. The Hall–Kier alpha value is -1.14. The van der Waals surface area contributed by atoms with Crippen molar-refractivity contribution in [3.63, 3.8) is 0 Å². The average Bonchev–Trinajstić information content (AvgIpc) is 2.89. The van der Waals surface area contributed by atoms with Crippen LogP contribution in [0.3, 0.4) is 0 Å². The molecule has 0 spiro atoms. The molecule has 0 bridgehead atoms. The van der Waals surface area contributed by atoms with E-state index in [4.69, 9.17) is 4.74 Å². The van der Waals surface area contributed by atoms with E-state index in [1.54, 1.807) is 17.5 Å². The van der Waals surface area contributed by atoms with Gasteiger partial charge in [0.1, 0.15) is 0 Å². The normalized spacial score (nSPS) is 22.0. The van der Waals surface area contributed by atoms with Gasteiger partial charge in [0.05, 0.1) is 24.3 Å². The number of nitrogens with zero attached hydrogens (tertiary/aromatic N) is 1. The quantitative estimate of drug-likeness (QED) is 0.794. The summed E-state index contributed by atoms with van der Waals surface area (Å²) in [5.74, 6) is 0.641. The summed E-state index contributed by atoms with van der Waals surface area (Å²) in [6.07, 6.45) is 7.15. The molecule has 5 nitrogen and oxygen atoms in total. The number of carbonyl (C=O) groups is 1. The van der Waals surface area contributed by atoms with Gasteiger partial charge in [-0.05, 0) is 25.7 Å². The second-order valence-corrected chi connectivity index (χ2v) is 6.95. The fourth-order valence-corrected chi connectivity index (χ4v) is 3.36. The van der Waals surface area contributed by atoms with Crippen LogP contribution in [0.25, 0.3) is 0 Å². The summed E-state index contributed by atoms with van der Waals surface area (Å²) in [5.41, 5.74) is 0. The Balaban J connectivity index is 1.54. The molecule has 1 heterocycles. The second-order valence-electron chi connectivity index (χ2n) is 5.63. The minimum atomic E-state index is -0.152. The number of rotatable bonds is 6. The van der Waals surface area contributed by atoms with Crippen LogP contribution in [-0.2, 0) is 11.3 Å². The number of nitrogens with one attached hydrogen (secondary N) is 2. The number of aryl methyl sites for hydroxylation is 1. The van der Waals surface area contributed by atoms with E-state index in [0.717, 1.165) is 16.3 Å². The molecule has 118 valence electrons. The molecule has 2 rings (SSSR count). The van der Waals surface area contributed by atoms with Gasteiger partial charge in [-0.3, -0.25) is 0 Å². The van der Waals surface area contributed by atoms with Gasteiger partial charge < -0.3 is 15.4 Å². The van der Waals surface area contributed by atoms with Crippen LogP contribution in [0.15, 0.2) is 6.20 Å². The minimum absolute atomic E-state index is 0.152. The standard InChI is InChI=1S/C15H25N3O2S/c1-11-5-3-4-6-14(11)20-8-7-16-15(19)18-10-13-9-17-12(2)21-13/h9,11,14H,3-8,10H2,1-2H3,(H2,16,18,19)/t11-,14-/m0/s1. The molecule has 1 aliphatic carbocycles. The van der Waals surface area contributed by atoms with Crippen molar-refractivity contribution in [1.82, 2.24) is 15.6 Å². The first-order valence-electron chi connectivity index (χ1n) is 7.70. The third-order valence-corrected chi connectivity index (χ3v) is 4.76. The van der Waals surface area contributed by atoms with Crippen LogP contribution >= 0.6 is 11.3 Å². The first-order valence-corrected chi connectivity index (χ1v) is 8.51. The van der Waals surface area contributed by atoms with Gasteiger partial charge in [-0.2, -0.15) is 0 Å². The first kappa shape index (κ1) is 16.2. The Bertz CT molecular complexity index is 450. The van der Waals surface area contributed by atoms with Crippen LogP contribution in [0, 0.1) is 12.8 Å². The maximum Gasteiger partial charge on any atom is 0.315 e. The molecule has 0 aliphatic heterocycles. The topological polar surface area (TPSA) is 63.2 Å². The molecule has 1 aromatic heterocycles. The molecule has 0 aromatic carbocycles. The lowest BCUT2D eigenvalue weighted by molar-refractivity contribution is -0.00243. The largest absolute Gasteiger partial charge is 0.376 e. The van der Waals surface area contributed by atoms with Crippen molar-refractivity contribution in [2.75, 3.05) is 13.2 Å². The lowest BCUT2D eigenvalue weighted by atomic mass is 9.88. The lowest BCUT2D eigenvalue weighted by Crippen LogP contribution is -2.37. The van der Waals surface area contributed by atoms with E-state index < -0.39 is 0 Å². The SMILES string of the molecule is Cc1ncc(CNC(=O)NCCO[C@H]2CCCC[C@@H]2C)s1. The second kappa shape index (κ2) is 8.34. The highest BCUT2D eigenvalue weighted by Crippen LogP contribution is 2.25. The molecule has 2 atom stereocenters. The van der Waals surface area contributed by atoms with Gasteiger partial charge >= 0.3 is 6.03 Å². The van der Waals surface area contributed by atoms with Gasteiger partial charge in [0.15, 0.2) is 0 Å². The molecular weight excluding hydrogens is 286 g/mol. The molecule has 2 N–H and O–H groups in total. The highest BCUT2D eigenvalue weighted by Gasteiger charge is 2.21. The maximum atomic E-state index is 11.6. The Kier molecular flexibility index (Phi) is 6.45. The monoisotopic (exact) mass is 311 g/mol. The van der Waals surface area contributed by atoms with Crippen molar-refractivity contribution < 1.29 is 9.53 Å². The zero-order valence-electron chi connectivity index (χ0n) is 12.9. The van der Waals surface area contributed by atoms with Crippen LogP contribution in [0.2, 0.25) is 0 Å². The number of ether oxygens (including phenoxy) is 1. The number of thiazole rings is 1. The predicted molar refractivity (Wildman–Crippen MR) is 84.5 cm³/mol. The molecule has 1 aliphatic rings. The molecule has 1 saturated carbocycles. The highest BCUT2D eigenvalue weighted by atomic mass is 32.1. The van der Waals surface area contributed by atoms with Crippen LogP contribution in [0.4, 0.5) is 4.79 Å². The van der Waals surface area contributed by atoms with Crippen LogP contribution in [0.1, 0.15) is 42.5 Å². The number of carbonyl (C=O) groups excluding carboxylic acids is 1.